The Morgan fingerprint density at radius 3 is 2.24 bits per heavy atom. The number of hydrogen-bond acceptors (Lipinski definition) is 10. The molecule has 0 spiro atoms. The molecule has 13 heteroatoms. The number of nitrogen functional groups attached to an aromatic ring is 1. The van der Waals surface area contributed by atoms with Crippen LogP contribution in [0.2, 0.25) is 0 Å². The first-order chi connectivity index (χ1) is 18.3. The summed E-state index contributed by atoms with van der Waals surface area (Å²) in [5.74, 6) is -0.643. The van der Waals surface area contributed by atoms with Crippen LogP contribution in [0.25, 0.3) is 11.1 Å². The van der Waals surface area contributed by atoms with E-state index in [1.165, 1.54) is 36.7 Å². The number of aromatic nitrogens is 3. The van der Waals surface area contributed by atoms with Gasteiger partial charge >= 0.3 is 0 Å². The lowest BCUT2D eigenvalue weighted by Crippen LogP contribution is -2.16. The minimum Gasteiger partial charge on any atom is -0.383 e. The first kappa shape index (κ1) is 26.1. The first-order valence-electron chi connectivity index (χ1n) is 10.8. The predicted octanol–water partition coefficient (Wildman–Crippen LogP) is 3.40. The number of nitrogens with one attached hydrogen (secondary N) is 2. The number of thioether (sulfide) groups is 1. The molecule has 0 atom stereocenters. The molecule has 0 saturated carbocycles. The lowest BCUT2D eigenvalue weighted by atomic mass is 9.97. The number of anilines is 3. The van der Waals surface area contributed by atoms with Crippen LogP contribution in [-0.4, -0.2) is 35.0 Å². The van der Waals surface area contributed by atoms with Crippen molar-refractivity contribution in [2.75, 3.05) is 21.5 Å². The summed E-state index contributed by atoms with van der Waals surface area (Å²) in [6, 6.07) is 20.1. The largest absolute Gasteiger partial charge is 0.383 e. The van der Waals surface area contributed by atoms with Crippen LogP contribution < -0.4 is 15.8 Å². The van der Waals surface area contributed by atoms with Crippen molar-refractivity contribution in [2.45, 2.75) is 9.92 Å². The van der Waals surface area contributed by atoms with E-state index in [1.807, 2.05) is 12.1 Å². The van der Waals surface area contributed by atoms with Gasteiger partial charge in [0.15, 0.2) is 0 Å². The van der Waals surface area contributed by atoms with Gasteiger partial charge in [-0.1, -0.05) is 42.1 Å². The van der Waals surface area contributed by atoms with Gasteiger partial charge in [-0.2, -0.15) is 10.5 Å². The fraction of sp³-hybridized carbons (Fsp3) is 0.0400. The third kappa shape index (κ3) is 5.87. The Bertz CT molecular complexity index is 1670. The Balaban J connectivity index is 1.47. The van der Waals surface area contributed by atoms with Crippen molar-refractivity contribution < 1.29 is 13.2 Å². The van der Waals surface area contributed by atoms with Crippen LogP contribution in [0.5, 0.6) is 0 Å². The highest BCUT2D eigenvalue weighted by Crippen LogP contribution is 2.35. The number of benzene rings is 2. The smallest absolute Gasteiger partial charge is 0.264 e. The topological polar surface area (TPSA) is 188 Å². The van der Waals surface area contributed by atoms with Crippen molar-refractivity contribution >= 4 is 45.1 Å². The molecule has 188 valence electrons. The number of rotatable bonds is 8. The maximum Gasteiger partial charge on any atom is 0.264 e. The predicted molar refractivity (Wildman–Crippen MR) is 142 cm³/mol. The summed E-state index contributed by atoms with van der Waals surface area (Å²) in [5, 5.41) is 22.3. The number of amides is 1. The summed E-state index contributed by atoms with van der Waals surface area (Å²) in [7, 11) is -3.91. The van der Waals surface area contributed by atoms with Gasteiger partial charge in [0, 0.05) is 23.6 Å². The number of pyridine rings is 1. The van der Waals surface area contributed by atoms with Crippen molar-refractivity contribution in [3.63, 3.8) is 0 Å². The average Bonchev–Trinajstić information content (AvgIpc) is 2.92. The van der Waals surface area contributed by atoms with Gasteiger partial charge in [0.25, 0.3) is 10.0 Å². The second kappa shape index (κ2) is 11.4. The molecule has 11 nitrogen and oxygen atoms in total. The van der Waals surface area contributed by atoms with Crippen molar-refractivity contribution in [2.24, 2.45) is 0 Å². The molecule has 1 amide bonds. The van der Waals surface area contributed by atoms with Crippen LogP contribution in [0.1, 0.15) is 11.1 Å². The quantitative estimate of drug-likeness (QED) is 0.278. The Hall–Kier alpha value is -4.98. The van der Waals surface area contributed by atoms with Gasteiger partial charge in [-0.25, -0.2) is 28.1 Å². The first-order valence-corrected chi connectivity index (χ1v) is 13.3. The minimum absolute atomic E-state index is 0.0401. The van der Waals surface area contributed by atoms with Crippen LogP contribution in [0, 0.1) is 22.7 Å². The van der Waals surface area contributed by atoms with Gasteiger partial charge in [-0.3, -0.25) is 4.79 Å². The SMILES string of the molecule is N#Cc1c(N)nc(SCC(=O)Nc2ccc(S(=O)(=O)Nc3ncccn3)cc2)c(C#N)c1-c1ccccc1. The van der Waals surface area contributed by atoms with Gasteiger partial charge in [0.1, 0.15) is 28.5 Å². The Morgan fingerprint density at radius 1 is 0.947 bits per heavy atom. The minimum atomic E-state index is -3.91. The fourth-order valence-electron chi connectivity index (χ4n) is 3.38. The molecule has 0 aliphatic heterocycles. The number of sulfonamides is 1. The van der Waals surface area contributed by atoms with E-state index in [0.717, 1.165) is 11.8 Å². The van der Waals surface area contributed by atoms with Crippen LogP contribution in [0.4, 0.5) is 17.5 Å². The van der Waals surface area contributed by atoms with Gasteiger partial charge in [0.2, 0.25) is 11.9 Å². The molecule has 38 heavy (non-hydrogen) atoms. The average molecular weight is 543 g/mol. The van der Waals surface area contributed by atoms with Crippen LogP contribution in [0.15, 0.2) is 83.0 Å². The van der Waals surface area contributed by atoms with Crippen LogP contribution in [0.3, 0.4) is 0 Å². The van der Waals surface area contributed by atoms with E-state index in [2.05, 4.69) is 31.1 Å². The van der Waals surface area contributed by atoms with Gasteiger partial charge < -0.3 is 11.1 Å². The fourth-order valence-corrected chi connectivity index (χ4v) is 5.13. The number of nitriles is 2. The summed E-state index contributed by atoms with van der Waals surface area (Å²) in [4.78, 5) is 24.4. The monoisotopic (exact) mass is 542 g/mol. The molecular formula is C25H18N8O3S2. The molecule has 2 aromatic heterocycles. The number of nitrogens with two attached hydrogens (primary N) is 1. The maximum absolute atomic E-state index is 12.6. The molecule has 0 aliphatic rings. The Morgan fingerprint density at radius 2 is 1.61 bits per heavy atom. The van der Waals surface area contributed by atoms with Crippen molar-refractivity contribution in [1.29, 1.82) is 10.5 Å². The van der Waals surface area contributed by atoms with Crippen LogP contribution in [-0.2, 0) is 14.8 Å². The zero-order valence-corrected chi connectivity index (χ0v) is 21.1. The second-order valence-electron chi connectivity index (χ2n) is 7.56. The highest BCUT2D eigenvalue weighted by atomic mass is 32.2. The van der Waals surface area contributed by atoms with Crippen molar-refractivity contribution in [3.05, 3.63) is 84.2 Å². The number of carbonyl (C=O) groups excluding carboxylic acids is 1. The van der Waals surface area contributed by atoms with E-state index in [9.17, 15) is 23.7 Å². The standard InChI is InChI=1S/C25H18N8O3S2/c26-13-19-22(16-5-2-1-3-6-16)20(14-27)24(32-23(19)28)37-15-21(34)31-17-7-9-18(10-8-17)38(35,36)33-25-29-11-4-12-30-25/h1-12H,15H2,(H2,28,32)(H,31,34)(H,29,30,33). The third-order valence-electron chi connectivity index (χ3n) is 5.06. The van der Waals surface area contributed by atoms with Gasteiger partial charge in [-0.05, 0) is 35.9 Å². The Kier molecular flexibility index (Phi) is 7.82. The molecule has 0 saturated heterocycles. The van der Waals surface area contributed by atoms with E-state index in [4.69, 9.17) is 5.73 Å². The summed E-state index contributed by atoms with van der Waals surface area (Å²) in [6.07, 6.45) is 2.82. The molecule has 2 aromatic carbocycles. The van der Waals surface area contributed by atoms with E-state index in [-0.39, 0.29) is 38.6 Å². The molecular weight excluding hydrogens is 524 g/mol. The summed E-state index contributed by atoms with van der Waals surface area (Å²) in [6.45, 7) is 0. The molecule has 0 radical (unpaired) electrons. The maximum atomic E-state index is 12.6. The highest BCUT2D eigenvalue weighted by Gasteiger charge is 2.21. The van der Waals surface area contributed by atoms with Crippen LogP contribution >= 0.6 is 11.8 Å². The molecule has 4 N–H and O–H groups in total. The van der Waals surface area contributed by atoms with Crippen molar-refractivity contribution in [3.8, 4) is 23.3 Å². The summed E-state index contributed by atoms with van der Waals surface area (Å²) < 4.78 is 27.3. The molecule has 4 aromatic rings. The molecule has 0 fully saturated rings. The lowest BCUT2D eigenvalue weighted by molar-refractivity contribution is -0.113. The lowest BCUT2D eigenvalue weighted by Gasteiger charge is -2.13. The summed E-state index contributed by atoms with van der Waals surface area (Å²) in [5.41, 5.74) is 7.58. The number of hydrogen-bond donors (Lipinski definition) is 3. The zero-order chi connectivity index (χ0) is 27.1. The molecule has 0 unspecified atom stereocenters. The van der Waals surface area contributed by atoms with Gasteiger partial charge in [-0.15, -0.1) is 0 Å². The molecule has 4 rings (SSSR count). The van der Waals surface area contributed by atoms with E-state index in [0.29, 0.717) is 16.8 Å². The normalized spacial score (nSPS) is 10.7. The van der Waals surface area contributed by atoms with E-state index in [1.54, 1.807) is 30.3 Å². The summed E-state index contributed by atoms with van der Waals surface area (Å²) >= 11 is 0.995. The molecule has 0 aliphatic carbocycles. The van der Waals surface area contributed by atoms with Crippen molar-refractivity contribution in [1.82, 2.24) is 15.0 Å². The Labute approximate surface area is 222 Å². The molecule has 0 bridgehead atoms. The number of carbonyl (C=O) groups is 1. The number of nitrogens with zero attached hydrogens (tertiary/aromatic N) is 5. The highest BCUT2D eigenvalue weighted by molar-refractivity contribution is 8.00. The molecule has 2 heterocycles. The third-order valence-corrected chi connectivity index (χ3v) is 7.38. The van der Waals surface area contributed by atoms with Gasteiger partial charge in [0.05, 0.1) is 16.2 Å². The van der Waals surface area contributed by atoms with E-state index >= 15 is 0 Å². The zero-order valence-electron chi connectivity index (χ0n) is 19.5. The van der Waals surface area contributed by atoms with E-state index < -0.39 is 15.9 Å². The second-order valence-corrected chi connectivity index (χ2v) is 10.2.